The van der Waals surface area contributed by atoms with Gasteiger partial charge >= 0.3 is 0 Å². The third-order valence-corrected chi connectivity index (χ3v) is 2.84. The highest BCUT2D eigenvalue weighted by atomic mass is 32.1. The summed E-state index contributed by atoms with van der Waals surface area (Å²) in [5, 5.41) is 4.51. The van der Waals surface area contributed by atoms with Crippen LogP contribution >= 0.6 is 11.3 Å². The largest absolute Gasteiger partial charge is 0.463 e. The third kappa shape index (κ3) is 5.29. The van der Waals surface area contributed by atoms with Crippen molar-refractivity contribution in [3.05, 3.63) is 22.4 Å². The van der Waals surface area contributed by atoms with Crippen LogP contribution in [0.3, 0.4) is 0 Å². The Bertz CT molecular complexity index is 377. The molecule has 1 heterocycles. The molecule has 18 heavy (non-hydrogen) atoms. The van der Waals surface area contributed by atoms with Crippen LogP contribution in [0.4, 0.5) is 0 Å². The molecule has 0 aromatic carbocycles. The lowest BCUT2D eigenvalue weighted by atomic mass is 10.4. The van der Waals surface area contributed by atoms with Gasteiger partial charge < -0.3 is 9.47 Å². The average Bonchev–Trinajstić information content (AvgIpc) is 2.89. The number of aliphatic imine (C=N–C) groups is 1. The Balaban J connectivity index is 2.52. The Labute approximate surface area is 111 Å². The summed E-state index contributed by atoms with van der Waals surface area (Å²) in [6.07, 6.45) is 0.895. The summed E-state index contributed by atoms with van der Waals surface area (Å²) in [7, 11) is 1.59. The Hall–Kier alpha value is -1.40. The van der Waals surface area contributed by atoms with E-state index < -0.39 is 0 Å². The predicted octanol–water partition coefficient (Wildman–Crippen LogP) is 1.91. The van der Waals surface area contributed by atoms with Gasteiger partial charge in [0, 0.05) is 13.7 Å². The maximum Gasteiger partial charge on any atom is 0.291 e. The number of hydrogen-bond acceptors (Lipinski definition) is 5. The summed E-state index contributed by atoms with van der Waals surface area (Å²) in [6.45, 7) is 3.45. The molecule has 6 heteroatoms. The number of nitrogens with one attached hydrogen (secondary N) is 1. The van der Waals surface area contributed by atoms with Crippen LogP contribution in [0.25, 0.3) is 0 Å². The lowest BCUT2D eigenvalue weighted by molar-refractivity contribution is 0.0958. The van der Waals surface area contributed by atoms with Crippen LogP contribution in [0.5, 0.6) is 0 Å². The van der Waals surface area contributed by atoms with E-state index >= 15 is 0 Å². The molecule has 0 atom stereocenters. The van der Waals surface area contributed by atoms with Gasteiger partial charge in [-0.1, -0.05) is 13.0 Å². The van der Waals surface area contributed by atoms with Crippen LogP contribution in [0.2, 0.25) is 0 Å². The minimum Gasteiger partial charge on any atom is -0.463 e. The molecule has 0 fully saturated rings. The van der Waals surface area contributed by atoms with Crippen molar-refractivity contribution in [1.29, 1.82) is 0 Å². The van der Waals surface area contributed by atoms with Crippen LogP contribution in [-0.2, 0) is 9.47 Å². The first-order valence-corrected chi connectivity index (χ1v) is 6.67. The van der Waals surface area contributed by atoms with Crippen molar-refractivity contribution >= 4 is 23.3 Å². The fraction of sp³-hybridized carbons (Fsp3) is 0.500. The van der Waals surface area contributed by atoms with Gasteiger partial charge in [-0.3, -0.25) is 10.1 Å². The number of carbonyl (C=O) groups is 1. The molecule has 0 saturated heterocycles. The monoisotopic (exact) mass is 270 g/mol. The van der Waals surface area contributed by atoms with Crippen molar-refractivity contribution in [2.24, 2.45) is 4.99 Å². The molecule has 1 rings (SSSR count). The maximum absolute atomic E-state index is 11.8. The maximum atomic E-state index is 11.8. The molecule has 0 spiro atoms. The molecule has 0 aliphatic heterocycles. The standard InChI is InChI=1S/C12H18N2O3S/c1-3-6-13-12(17-8-7-16-2)14-11(15)10-5-4-9-18-10/h4-5,9H,3,6-8H2,1-2H3,(H,13,14,15). The molecule has 0 saturated carbocycles. The van der Waals surface area contributed by atoms with Gasteiger partial charge in [0.15, 0.2) is 0 Å². The van der Waals surface area contributed by atoms with E-state index in [2.05, 4.69) is 10.3 Å². The highest BCUT2D eigenvalue weighted by Crippen LogP contribution is 2.07. The van der Waals surface area contributed by atoms with Gasteiger partial charge in [0.25, 0.3) is 11.9 Å². The summed E-state index contributed by atoms with van der Waals surface area (Å²) in [4.78, 5) is 16.6. The van der Waals surface area contributed by atoms with Gasteiger partial charge in [0.1, 0.15) is 6.61 Å². The van der Waals surface area contributed by atoms with Gasteiger partial charge in [0.05, 0.1) is 11.5 Å². The first-order chi connectivity index (χ1) is 8.77. The molecule has 1 aromatic heterocycles. The number of rotatable bonds is 6. The number of amidine groups is 1. The van der Waals surface area contributed by atoms with Gasteiger partial charge in [-0.15, -0.1) is 11.3 Å². The van der Waals surface area contributed by atoms with Gasteiger partial charge in [-0.2, -0.15) is 0 Å². The number of amides is 1. The molecule has 1 N–H and O–H groups in total. The first-order valence-electron chi connectivity index (χ1n) is 5.79. The molecule has 0 aliphatic carbocycles. The summed E-state index contributed by atoms with van der Waals surface area (Å²) < 4.78 is 10.2. The van der Waals surface area contributed by atoms with Crippen molar-refractivity contribution < 1.29 is 14.3 Å². The fourth-order valence-electron chi connectivity index (χ4n) is 1.12. The number of methoxy groups -OCH3 is 1. The summed E-state index contributed by atoms with van der Waals surface area (Å²) in [6, 6.07) is 3.84. The molecule has 0 unspecified atom stereocenters. The summed E-state index contributed by atoms with van der Waals surface area (Å²) in [5.41, 5.74) is 0. The topological polar surface area (TPSA) is 59.9 Å². The number of hydrogen-bond donors (Lipinski definition) is 1. The van der Waals surface area contributed by atoms with E-state index in [0.717, 1.165) is 6.42 Å². The number of carbonyl (C=O) groups excluding carboxylic acids is 1. The normalized spacial score (nSPS) is 11.3. The van der Waals surface area contributed by atoms with Crippen LogP contribution in [0, 0.1) is 0 Å². The minimum atomic E-state index is -0.197. The van der Waals surface area contributed by atoms with E-state index in [9.17, 15) is 4.79 Å². The fourth-order valence-corrected chi connectivity index (χ4v) is 1.74. The van der Waals surface area contributed by atoms with E-state index in [-0.39, 0.29) is 11.9 Å². The zero-order valence-electron chi connectivity index (χ0n) is 10.6. The van der Waals surface area contributed by atoms with Gasteiger partial charge in [-0.05, 0) is 17.9 Å². The third-order valence-electron chi connectivity index (χ3n) is 1.97. The van der Waals surface area contributed by atoms with Crippen LogP contribution in [0.15, 0.2) is 22.5 Å². The predicted molar refractivity (Wildman–Crippen MR) is 72.2 cm³/mol. The van der Waals surface area contributed by atoms with E-state index in [1.807, 2.05) is 18.4 Å². The van der Waals surface area contributed by atoms with Gasteiger partial charge in [0.2, 0.25) is 0 Å². The second-order valence-electron chi connectivity index (χ2n) is 3.46. The van der Waals surface area contributed by atoms with Crippen LogP contribution in [0.1, 0.15) is 23.0 Å². The zero-order valence-corrected chi connectivity index (χ0v) is 11.5. The molecule has 5 nitrogen and oxygen atoms in total. The zero-order chi connectivity index (χ0) is 13.2. The Morgan fingerprint density at radius 2 is 2.33 bits per heavy atom. The summed E-state index contributed by atoms with van der Waals surface area (Å²) in [5.74, 6) is -0.197. The van der Waals surface area contributed by atoms with E-state index in [0.29, 0.717) is 24.6 Å². The quantitative estimate of drug-likeness (QED) is 0.488. The molecular weight excluding hydrogens is 252 g/mol. The minimum absolute atomic E-state index is 0.197. The Morgan fingerprint density at radius 3 is 2.94 bits per heavy atom. The summed E-state index contributed by atoms with van der Waals surface area (Å²) >= 11 is 1.38. The molecule has 1 aromatic rings. The second kappa shape index (κ2) is 8.66. The molecule has 0 aliphatic rings. The number of nitrogens with zero attached hydrogens (tertiary/aromatic N) is 1. The number of ether oxygens (including phenoxy) is 2. The van der Waals surface area contributed by atoms with Crippen molar-refractivity contribution in [2.75, 3.05) is 26.9 Å². The van der Waals surface area contributed by atoms with E-state index in [1.165, 1.54) is 11.3 Å². The van der Waals surface area contributed by atoms with Gasteiger partial charge in [-0.25, -0.2) is 4.99 Å². The lowest BCUT2D eigenvalue weighted by Crippen LogP contribution is -2.33. The van der Waals surface area contributed by atoms with Crippen molar-refractivity contribution in [2.45, 2.75) is 13.3 Å². The number of thiophene rings is 1. The average molecular weight is 270 g/mol. The van der Waals surface area contributed by atoms with E-state index in [1.54, 1.807) is 13.2 Å². The highest BCUT2D eigenvalue weighted by molar-refractivity contribution is 7.12. The Kier molecular flexibility index (Phi) is 7.05. The Morgan fingerprint density at radius 1 is 1.50 bits per heavy atom. The van der Waals surface area contributed by atoms with Crippen molar-refractivity contribution in [3.63, 3.8) is 0 Å². The molecular formula is C12H18N2O3S. The first kappa shape index (κ1) is 14.7. The van der Waals surface area contributed by atoms with Crippen molar-refractivity contribution in [1.82, 2.24) is 5.32 Å². The van der Waals surface area contributed by atoms with E-state index in [4.69, 9.17) is 9.47 Å². The lowest BCUT2D eigenvalue weighted by Gasteiger charge is -2.09. The smallest absolute Gasteiger partial charge is 0.291 e. The molecule has 0 radical (unpaired) electrons. The SMILES string of the molecule is CCCN=C(NC(=O)c1cccs1)OCCOC. The van der Waals surface area contributed by atoms with Crippen molar-refractivity contribution in [3.8, 4) is 0 Å². The molecule has 100 valence electrons. The second-order valence-corrected chi connectivity index (χ2v) is 4.41. The molecule has 0 bridgehead atoms. The van der Waals surface area contributed by atoms with Crippen LogP contribution in [-0.4, -0.2) is 38.8 Å². The molecule has 1 amide bonds. The highest BCUT2D eigenvalue weighted by Gasteiger charge is 2.10. The van der Waals surface area contributed by atoms with Crippen LogP contribution < -0.4 is 5.32 Å².